The lowest BCUT2D eigenvalue weighted by atomic mass is 9.74. The largest absolute Gasteiger partial charge is 0.497 e. The van der Waals surface area contributed by atoms with Gasteiger partial charge in [0.15, 0.2) is 11.6 Å². The van der Waals surface area contributed by atoms with Gasteiger partial charge in [0.2, 0.25) is 0 Å². The number of carboxylic acids is 1. The molecule has 2 heterocycles. The van der Waals surface area contributed by atoms with Gasteiger partial charge in [0.05, 0.1) is 24.2 Å². The van der Waals surface area contributed by atoms with Crippen LogP contribution in [0.15, 0.2) is 42.6 Å². The standard InChI is InChI=1S/C28H28F4N2O3/c1-37-19-6-7-26-21(15-19)20(25(32)17-33-26)5-2-8-28(27(35)36)9-12-34(13-10-28)11-3-4-18-14-23(30)24(31)16-22(18)29/h3-4,6-7,14-17H,2,5,8-13H2,1H3,(H,35,36)/b4-3+. The fourth-order valence-electron chi connectivity index (χ4n) is 4.92. The lowest BCUT2D eigenvalue weighted by molar-refractivity contribution is -0.152. The minimum atomic E-state index is -1.24. The van der Waals surface area contributed by atoms with Crippen LogP contribution in [0.4, 0.5) is 17.6 Å². The van der Waals surface area contributed by atoms with Gasteiger partial charge in [-0.15, -0.1) is 0 Å². The molecule has 0 unspecified atom stereocenters. The maximum Gasteiger partial charge on any atom is 0.309 e. The Bertz CT molecular complexity index is 1320. The van der Waals surface area contributed by atoms with E-state index < -0.39 is 34.7 Å². The highest BCUT2D eigenvalue weighted by Gasteiger charge is 2.40. The van der Waals surface area contributed by atoms with E-state index in [0.29, 0.717) is 80.0 Å². The first-order chi connectivity index (χ1) is 17.7. The number of aromatic nitrogens is 1. The number of aryl methyl sites for hydroxylation is 1. The van der Waals surface area contributed by atoms with Crippen LogP contribution in [0.3, 0.4) is 0 Å². The summed E-state index contributed by atoms with van der Waals surface area (Å²) in [5.74, 6) is -3.91. The molecule has 2 aromatic carbocycles. The Labute approximate surface area is 212 Å². The predicted octanol–water partition coefficient (Wildman–Crippen LogP) is 6.00. The number of likely N-dealkylation sites (tertiary alicyclic amines) is 1. The van der Waals surface area contributed by atoms with Crippen molar-refractivity contribution in [1.29, 1.82) is 0 Å². The zero-order valence-electron chi connectivity index (χ0n) is 20.4. The molecule has 4 rings (SSSR count). The van der Waals surface area contributed by atoms with Crippen LogP contribution in [0.1, 0.15) is 36.8 Å². The lowest BCUT2D eigenvalue weighted by Gasteiger charge is -2.38. The molecular weight excluding hydrogens is 488 g/mol. The summed E-state index contributed by atoms with van der Waals surface area (Å²) in [7, 11) is 1.53. The number of rotatable bonds is 9. The van der Waals surface area contributed by atoms with Crippen molar-refractivity contribution in [2.24, 2.45) is 5.41 Å². The van der Waals surface area contributed by atoms with E-state index in [9.17, 15) is 27.5 Å². The second-order valence-electron chi connectivity index (χ2n) is 9.40. The summed E-state index contributed by atoms with van der Waals surface area (Å²) < 4.78 is 60.2. The summed E-state index contributed by atoms with van der Waals surface area (Å²) in [5, 5.41) is 10.7. The monoisotopic (exact) mass is 516 g/mol. The van der Waals surface area contributed by atoms with Gasteiger partial charge >= 0.3 is 5.97 Å². The average Bonchev–Trinajstić information content (AvgIpc) is 2.88. The van der Waals surface area contributed by atoms with Gasteiger partial charge in [0.1, 0.15) is 17.4 Å². The van der Waals surface area contributed by atoms with Crippen LogP contribution in [0.5, 0.6) is 5.75 Å². The number of benzene rings is 2. The Morgan fingerprint density at radius 1 is 1.08 bits per heavy atom. The molecule has 1 N–H and O–H groups in total. The van der Waals surface area contributed by atoms with E-state index in [2.05, 4.69) is 4.98 Å². The van der Waals surface area contributed by atoms with Crippen LogP contribution in [-0.2, 0) is 11.2 Å². The smallest absolute Gasteiger partial charge is 0.309 e. The van der Waals surface area contributed by atoms with E-state index in [4.69, 9.17) is 4.74 Å². The zero-order chi connectivity index (χ0) is 26.6. The first kappa shape index (κ1) is 26.6. The molecule has 37 heavy (non-hydrogen) atoms. The van der Waals surface area contributed by atoms with E-state index in [0.717, 1.165) is 6.07 Å². The fraction of sp³-hybridized carbons (Fsp3) is 0.357. The summed E-state index contributed by atoms with van der Waals surface area (Å²) in [6, 6.07) is 6.58. The quantitative estimate of drug-likeness (QED) is 0.279. The van der Waals surface area contributed by atoms with Crippen molar-refractivity contribution in [2.75, 3.05) is 26.7 Å². The van der Waals surface area contributed by atoms with E-state index in [1.165, 1.54) is 19.4 Å². The molecule has 0 aliphatic carbocycles. The van der Waals surface area contributed by atoms with Gasteiger partial charge in [-0.1, -0.05) is 12.2 Å². The van der Waals surface area contributed by atoms with Gasteiger partial charge in [-0.25, -0.2) is 17.6 Å². The number of ether oxygens (including phenoxy) is 1. The van der Waals surface area contributed by atoms with Crippen molar-refractivity contribution < 1.29 is 32.2 Å². The van der Waals surface area contributed by atoms with E-state index in [1.807, 2.05) is 4.90 Å². The van der Waals surface area contributed by atoms with Gasteiger partial charge in [-0.2, -0.15) is 0 Å². The molecule has 1 saturated heterocycles. The van der Waals surface area contributed by atoms with Crippen LogP contribution in [-0.4, -0.2) is 47.7 Å². The number of nitrogens with zero attached hydrogens (tertiary/aromatic N) is 2. The van der Waals surface area contributed by atoms with Crippen molar-refractivity contribution in [1.82, 2.24) is 9.88 Å². The number of halogens is 4. The summed E-state index contributed by atoms with van der Waals surface area (Å²) in [6.45, 7) is 1.45. The third kappa shape index (κ3) is 5.93. The van der Waals surface area contributed by atoms with Crippen LogP contribution in [0, 0.1) is 28.7 Å². The predicted molar refractivity (Wildman–Crippen MR) is 132 cm³/mol. The number of hydrogen-bond donors (Lipinski definition) is 1. The van der Waals surface area contributed by atoms with Crippen molar-refractivity contribution in [3.63, 3.8) is 0 Å². The summed E-state index contributed by atoms with van der Waals surface area (Å²) in [4.78, 5) is 18.4. The van der Waals surface area contributed by atoms with Crippen LogP contribution in [0.2, 0.25) is 0 Å². The van der Waals surface area contributed by atoms with Gasteiger partial charge < -0.3 is 9.84 Å². The number of carbonyl (C=O) groups is 1. The molecule has 0 amide bonds. The number of carboxylic acid groups (broad SMARTS) is 1. The first-order valence-corrected chi connectivity index (χ1v) is 12.1. The molecule has 0 radical (unpaired) electrons. The van der Waals surface area contributed by atoms with Crippen LogP contribution >= 0.6 is 0 Å². The van der Waals surface area contributed by atoms with Crippen LogP contribution in [0.25, 0.3) is 17.0 Å². The fourth-order valence-corrected chi connectivity index (χ4v) is 4.92. The number of aliphatic carboxylic acids is 1. The second-order valence-corrected chi connectivity index (χ2v) is 9.40. The van der Waals surface area contributed by atoms with E-state index in [-0.39, 0.29) is 5.56 Å². The highest BCUT2D eigenvalue weighted by atomic mass is 19.2. The Morgan fingerprint density at radius 3 is 2.51 bits per heavy atom. The van der Waals surface area contributed by atoms with E-state index in [1.54, 1.807) is 24.3 Å². The van der Waals surface area contributed by atoms with Crippen molar-refractivity contribution in [2.45, 2.75) is 32.1 Å². The molecule has 1 aliphatic rings. The highest BCUT2D eigenvalue weighted by molar-refractivity contribution is 5.83. The molecule has 0 atom stereocenters. The zero-order valence-corrected chi connectivity index (χ0v) is 20.4. The molecule has 0 spiro atoms. The maximum atomic E-state index is 14.6. The van der Waals surface area contributed by atoms with E-state index >= 15 is 0 Å². The number of methoxy groups -OCH3 is 1. The Morgan fingerprint density at radius 2 is 1.81 bits per heavy atom. The topological polar surface area (TPSA) is 62.7 Å². The van der Waals surface area contributed by atoms with Crippen molar-refractivity contribution >= 4 is 22.9 Å². The molecule has 0 bridgehead atoms. The lowest BCUT2D eigenvalue weighted by Crippen LogP contribution is -2.44. The third-order valence-electron chi connectivity index (χ3n) is 7.18. The maximum absolute atomic E-state index is 14.6. The minimum absolute atomic E-state index is 0.0516. The SMILES string of the molecule is COc1ccc2ncc(F)c(CCCC3(C(=O)O)CCN(C/C=C/c4cc(F)c(F)cc4F)CC3)c2c1. The Kier molecular flexibility index (Phi) is 8.12. The summed E-state index contributed by atoms with van der Waals surface area (Å²) in [6.07, 6.45) is 6.34. The highest BCUT2D eigenvalue weighted by Crippen LogP contribution is 2.37. The molecule has 3 aromatic rings. The number of pyridine rings is 1. The molecular formula is C28H28F4N2O3. The molecule has 0 saturated carbocycles. The van der Waals surface area contributed by atoms with Gasteiger partial charge in [0, 0.05) is 23.6 Å². The van der Waals surface area contributed by atoms with Gasteiger partial charge in [0.25, 0.3) is 0 Å². The first-order valence-electron chi connectivity index (χ1n) is 12.1. The summed E-state index contributed by atoms with van der Waals surface area (Å²) in [5.41, 5.74) is 0.180. The molecule has 1 aromatic heterocycles. The number of piperidine rings is 1. The van der Waals surface area contributed by atoms with Gasteiger partial charge in [-0.3, -0.25) is 14.7 Å². The van der Waals surface area contributed by atoms with Crippen LogP contribution < -0.4 is 4.74 Å². The van der Waals surface area contributed by atoms with Crippen molar-refractivity contribution in [3.05, 3.63) is 77.0 Å². The minimum Gasteiger partial charge on any atom is -0.497 e. The molecule has 1 fully saturated rings. The second kappa shape index (κ2) is 11.3. The Balaban J connectivity index is 1.37. The van der Waals surface area contributed by atoms with Gasteiger partial charge in [-0.05, 0) is 75.0 Å². The third-order valence-corrected chi connectivity index (χ3v) is 7.18. The number of fused-ring (bicyclic) bond motifs is 1. The molecule has 5 nitrogen and oxygen atoms in total. The molecule has 9 heteroatoms. The van der Waals surface area contributed by atoms with Crippen molar-refractivity contribution in [3.8, 4) is 5.75 Å². The summed E-state index contributed by atoms with van der Waals surface area (Å²) >= 11 is 0. The molecule has 1 aliphatic heterocycles. The number of hydrogen-bond acceptors (Lipinski definition) is 4. The average molecular weight is 517 g/mol. The Hall–Kier alpha value is -3.46. The normalized spacial score (nSPS) is 15.9. The molecule has 196 valence electrons.